The quantitative estimate of drug-likeness (QED) is 0.169. The minimum absolute atomic E-state index is 0.582. The Labute approximate surface area is 186 Å². The van der Waals surface area contributed by atoms with Crippen molar-refractivity contribution in [2.75, 3.05) is 79.3 Å². The summed E-state index contributed by atoms with van der Waals surface area (Å²) in [6.45, 7) is 12.3. The molecular formula is C24H50O6. The van der Waals surface area contributed by atoms with Gasteiger partial charge in [0, 0.05) is 13.2 Å². The van der Waals surface area contributed by atoms with Gasteiger partial charge in [0.25, 0.3) is 0 Å². The van der Waals surface area contributed by atoms with Crippen LogP contribution in [0.1, 0.15) is 78.1 Å². The molecule has 0 aromatic carbocycles. The van der Waals surface area contributed by atoms with Crippen molar-refractivity contribution < 1.29 is 28.4 Å². The Morgan fingerprint density at radius 1 is 0.267 bits per heavy atom. The second kappa shape index (κ2) is 28.8. The van der Waals surface area contributed by atoms with Crippen LogP contribution in [-0.4, -0.2) is 79.3 Å². The van der Waals surface area contributed by atoms with Gasteiger partial charge in [-0.1, -0.05) is 65.2 Å². The van der Waals surface area contributed by atoms with E-state index >= 15 is 0 Å². The molecule has 6 heteroatoms. The van der Waals surface area contributed by atoms with Gasteiger partial charge < -0.3 is 28.4 Å². The first-order valence-electron chi connectivity index (χ1n) is 12.4. The molecule has 0 N–H and O–H groups in total. The Bertz CT molecular complexity index is 263. The van der Waals surface area contributed by atoms with Crippen LogP contribution in [0, 0.1) is 0 Å². The molecule has 0 atom stereocenters. The third-order valence-electron chi connectivity index (χ3n) is 4.64. The van der Waals surface area contributed by atoms with Gasteiger partial charge >= 0.3 is 0 Å². The van der Waals surface area contributed by atoms with E-state index < -0.39 is 0 Å². The van der Waals surface area contributed by atoms with Crippen molar-refractivity contribution in [1.82, 2.24) is 0 Å². The zero-order valence-electron chi connectivity index (χ0n) is 20.0. The predicted molar refractivity (Wildman–Crippen MR) is 122 cm³/mol. The smallest absolute Gasteiger partial charge is 0.0701 e. The summed E-state index contributed by atoms with van der Waals surface area (Å²) in [4.78, 5) is 0. The van der Waals surface area contributed by atoms with Gasteiger partial charge in [0.2, 0.25) is 0 Å². The van der Waals surface area contributed by atoms with Gasteiger partial charge in [-0.2, -0.15) is 0 Å². The summed E-state index contributed by atoms with van der Waals surface area (Å²) >= 11 is 0. The summed E-state index contributed by atoms with van der Waals surface area (Å²) in [5, 5.41) is 0. The van der Waals surface area contributed by atoms with Crippen LogP contribution in [0.15, 0.2) is 0 Å². The van der Waals surface area contributed by atoms with E-state index in [1.54, 1.807) is 0 Å². The van der Waals surface area contributed by atoms with Crippen molar-refractivity contribution in [2.24, 2.45) is 0 Å². The molecular weight excluding hydrogens is 384 g/mol. The molecule has 0 aliphatic heterocycles. The van der Waals surface area contributed by atoms with Crippen molar-refractivity contribution in [3.63, 3.8) is 0 Å². The number of hydrogen-bond acceptors (Lipinski definition) is 6. The van der Waals surface area contributed by atoms with Crippen LogP contribution < -0.4 is 0 Å². The minimum Gasteiger partial charge on any atom is -0.379 e. The molecule has 182 valence electrons. The maximum atomic E-state index is 5.55. The lowest BCUT2D eigenvalue weighted by atomic mass is 10.2. The Balaban J connectivity index is 2.97. The molecule has 0 amide bonds. The maximum absolute atomic E-state index is 5.55. The lowest BCUT2D eigenvalue weighted by Crippen LogP contribution is -2.14. The van der Waals surface area contributed by atoms with E-state index in [1.165, 1.54) is 51.4 Å². The second-order valence-electron chi connectivity index (χ2n) is 7.50. The van der Waals surface area contributed by atoms with E-state index in [2.05, 4.69) is 13.8 Å². The summed E-state index contributed by atoms with van der Waals surface area (Å²) < 4.78 is 33.0. The molecule has 0 bridgehead atoms. The summed E-state index contributed by atoms with van der Waals surface area (Å²) in [6.07, 6.45) is 12.7. The summed E-state index contributed by atoms with van der Waals surface area (Å²) in [7, 11) is 0. The standard InChI is InChI=1S/C24H50O6/c1-3-5-7-9-11-13-25-15-17-27-19-21-29-23-24-30-22-20-28-18-16-26-14-12-10-8-6-4-2/h3-24H2,1-2H3. The van der Waals surface area contributed by atoms with E-state index in [-0.39, 0.29) is 0 Å². The predicted octanol–water partition coefficient (Wildman–Crippen LogP) is 5.03. The number of hydrogen-bond donors (Lipinski definition) is 0. The lowest BCUT2D eigenvalue weighted by molar-refractivity contribution is -0.0169. The van der Waals surface area contributed by atoms with Crippen LogP contribution in [0.25, 0.3) is 0 Å². The summed E-state index contributed by atoms with van der Waals surface area (Å²) in [5.41, 5.74) is 0. The zero-order valence-corrected chi connectivity index (χ0v) is 20.0. The van der Waals surface area contributed by atoms with Gasteiger partial charge in [-0.15, -0.1) is 0 Å². The van der Waals surface area contributed by atoms with Gasteiger partial charge in [0.1, 0.15) is 0 Å². The highest BCUT2D eigenvalue weighted by Gasteiger charge is 1.95. The lowest BCUT2D eigenvalue weighted by Gasteiger charge is -2.08. The van der Waals surface area contributed by atoms with Gasteiger partial charge in [-0.05, 0) is 12.8 Å². The van der Waals surface area contributed by atoms with E-state index in [0.717, 1.165) is 26.1 Å². The fourth-order valence-electron chi connectivity index (χ4n) is 2.82. The average molecular weight is 435 g/mol. The Morgan fingerprint density at radius 2 is 0.500 bits per heavy atom. The third-order valence-corrected chi connectivity index (χ3v) is 4.64. The monoisotopic (exact) mass is 434 g/mol. The first-order valence-corrected chi connectivity index (χ1v) is 12.4. The first kappa shape index (κ1) is 29.8. The molecule has 0 aromatic rings. The fourth-order valence-corrected chi connectivity index (χ4v) is 2.82. The Morgan fingerprint density at radius 3 is 0.767 bits per heavy atom. The second-order valence-corrected chi connectivity index (χ2v) is 7.50. The van der Waals surface area contributed by atoms with Crippen molar-refractivity contribution in [3.05, 3.63) is 0 Å². The highest BCUT2D eigenvalue weighted by Crippen LogP contribution is 2.03. The topological polar surface area (TPSA) is 55.4 Å². The molecule has 0 rings (SSSR count). The number of ether oxygens (including phenoxy) is 6. The van der Waals surface area contributed by atoms with Crippen molar-refractivity contribution >= 4 is 0 Å². The zero-order chi connectivity index (χ0) is 21.8. The molecule has 0 aromatic heterocycles. The number of unbranched alkanes of at least 4 members (excludes halogenated alkanes) is 8. The largest absolute Gasteiger partial charge is 0.379 e. The molecule has 6 nitrogen and oxygen atoms in total. The SMILES string of the molecule is CCCCCCCOCCOCCOCCOCCOCCOCCCCCCC. The van der Waals surface area contributed by atoms with Gasteiger partial charge in [0.05, 0.1) is 66.1 Å². The van der Waals surface area contributed by atoms with E-state index in [9.17, 15) is 0 Å². The Hall–Kier alpha value is -0.240. The van der Waals surface area contributed by atoms with E-state index in [0.29, 0.717) is 66.1 Å². The van der Waals surface area contributed by atoms with Crippen LogP contribution in [0.3, 0.4) is 0 Å². The third kappa shape index (κ3) is 27.8. The normalized spacial score (nSPS) is 11.4. The van der Waals surface area contributed by atoms with Gasteiger partial charge in [0.15, 0.2) is 0 Å². The molecule has 0 aliphatic carbocycles. The molecule has 0 aliphatic rings. The van der Waals surface area contributed by atoms with E-state index in [4.69, 9.17) is 28.4 Å². The summed E-state index contributed by atoms with van der Waals surface area (Å²) in [6, 6.07) is 0. The molecule has 0 heterocycles. The van der Waals surface area contributed by atoms with Crippen molar-refractivity contribution in [1.29, 1.82) is 0 Å². The molecule has 0 saturated carbocycles. The molecule has 0 radical (unpaired) electrons. The summed E-state index contributed by atoms with van der Waals surface area (Å²) in [5.74, 6) is 0. The molecule has 0 unspecified atom stereocenters. The Kier molecular flexibility index (Phi) is 28.5. The fraction of sp³-hybridized carbons (Fsp3) is 1.00. The van der Waals surface area contributed by atoms with Crippen molar-refractivity contribution in [3.8, 4) is 0 Å². The average Bonchev–Trinajstić information content (AvgIpc) is 2.76. The maximum Gasteiger partial charge on any atom is 0.0701 e. The minimum atomic E-state index is 0.582. The molecule has 30 heavy (non-hydrogen) atoms. The van der Waals surface area contributed by atoms with Crippen LogP contribution in [-0.2, 0) is 28.4 Å². The highest BCUT2D eigenvalue weighted by atomic mass is 16.6. The van der Waals surface area contributed by atoms with Crippen LogP contribution >= 0.6 is 0 Å². The van der Waals surface area contributed by atoms with Gasteiger partial charge in [-0.25, -0.2) is 0 Å². The molecule has 0 saturated heterocycles. The van der Waals surface area contributed by atoms with Crippen LogP contribution in [0.4, 0.5) is 0 Å². The number of rotatable bonds is 27. The highest BCUT2D eigenvalue weighted by molar-refractivity contribution is 4.43. The van der Waals surface area contributed by atoms with E-state index in [1.807, 2.05) is 0 Å². The molecule has 0 fully saturated rings. The molecule has 0 spiro atoms. The first-order chi connectivity index (χ1) is 14.9. The van der Waals surface area contributed by atoms with Crippen LogP contribution in [0.5, 0.6) is 0 Å². The van der Waals surface area contributed by atoms with Crippen LogP contribution in [0.2, 0.25) is 0 Å². The van der Waals surface area contributed by atoms with Gasteiger partial charge in [-0.3, -0.25) is 0 Å². The van der Waals surface area contributed by atoms with Crippen molar-refractivity contribution in [2.45, 2.75) is 78.1 Å².